The lowest BCUT2D eigenvalue weighted by atomic mass is 10.0. The van der Waals surface area contributed by atoms with Gasteiger partial charge in [0, 0.05) is 37.0 Å². The first-order valence-electron chi connectivity index (χ1n) is 9.92. The van der Waals surface area contributed by atoms with Gasteiger partial charge in [-0.3, -0.25) is 9.59 Å². The summed E-state index contributed by atoms with van der Waals surface area (Å²) in [6, 6.07) is 14.8. The average Bonchev–Trinajstić information content (AvgIpc) is 3.17. The Balaban J connectivity index is 1.42. The van der Waals surface area contributed by atoms with Crippen molar-refractivity contribution in [2.75, 3.05) is 25.4 Å². The minimum atomic E-state index is -0.261. The van der Waals surface area contributed by atoms with Crippen molar-refractivity contribution in [1.29, 1.82) is 0 Å². The second-order valence-corrected chi connectivity index (χ2v) is 9.72. The molecule has 0 saturated carbocycles. The zero-order valence-corrected chi connectivity index (χ0v) is 18.7. The van der Waals surface area contributed by atoms with Gasteiger partial charge in [0.05, 0.1) is 14.9 Å². The van der Waals surface area contributed by atoms with Gasteiger partial charge in [-0.25, -0.2) is 0 Å². The third-order valence-electron chi connectivity index (χ3n) is 5.66. The Bertz CT molecular complexity index is 972. The summed E-state index contributed by atoms with van der Waals surface area (Å²) in [6.07, 6.45) is 5.00. The Labute approximate surface area is 190 Å². The van der Waals surface area contributed by atoms with Crippen molar-refractivity contribution in [1.82, 2.24) is 9.80 Å². The van der Waals surface area contributed by atoms with E-state index in [0.717, 1.165) is 24.2 Å². The Hall–Kier alpha value is -1.95. The molecule has 0 bridgehead atoms. The molecule has 7 heteroatoms. The number of hydrogen-bond acceptors (Lipinski definition) is 3. The van der Waals surface area contributed by atoms with E-state index in [-0.39, 0.29) is 16.7 Å². The summed E-state index contributed by atoms with van der Waals surface area (Å²) in [4.78, 5) is 29.3. The fourth-order valence-electron chi connectivity index (χ4n) is 4.01. The molecule has 2 aliphatic rings. The molecule has 30 heavy (non-hydrogen) atoms. The van der Waals surface area contributed by atoms with Crippen LogP contribution in [0, 0.1) is 0 Å². The number of piperidine rings is 1. The second-order valence-electron chi connectivity index (χ2n) is 7.45. The number of thioether (sulfide) groups is 1. The van der Waals surface area contributed by atoms with Crippen LogP contribution >= 0.6 is 35.0 Å². The summed E-state index contributed by atoms with van der Waals surface area (Å²) in [6.45, 7) is 1.97. The van der Waals surface area contributed by atoms with Crippen LogP contribution in [0.15, 0.2) is 54.6 Å². The molecule has 2 saturated heterocycles. The van der Waals surface area contributed by atoms with E-state index in [2.05, 4.69) is 0 Å². The van der Waals surface area contributed by atoms with Gasteiger partial charge in [0.15, 0.2) is 0 Å². The minimum Gasteiger partial charge on any atom is -0.339 e. The van der Waals surface area contributed by atoms with E-state index in [1.165, 1.54) is 0 Å². The first kappa shape index (κ1) is 21.3. The molecular formula is C23H22Cl2N2O2S. The highest BCUT2D eigenvalue weighted by Gasteiger charge is 2.46. The number of rotatable bonds is 3. The standard InChI is InChI=1S/C23H22Cl2N2O2S/c24-19-8-7-18(16-20(19)25)22(29)27-14-15-30-23(27)10-12-26(13-11-23)21(28)9-6-17-4-2-1-3-5-17/h1-9,16H,10-15H2/b9-6+. The van der Waals surface area contributed by atoms with Gasteiger partial charge < -0.3 is 9.80 Å². The van der Waals surface area contributed by atoms with Crippen molar-refractivity contribution < 1.29 is 9.59 Å². The summed E-state index contributed by atoms with van der Waals surface area (Å²) >= 11 is 13.9. The number of amides is 2. The highest BCUT2D eigenvalue weighted by molar-refractivity contribution is 8.00. The van der Waals surface area contributed by atoms with Crippen molar-refractivity contribution in [3.63, 3.8) is 0 Å². The topological polar surface area (TPSA) is 40.6 Å². The summed E-state index contributed by atoms with van der Waals surface area (Å²) in [5.41, 5.74) is 1.56. The Morgan fingerprint density at radius 3 is 2.40 bits per heavy atom. The monoisotopic (exact) mass is 460 g/mol. The van der Waals surface area contributed by atoms with E-state index in [1.54, 1.807) is 24.3 Å². The lowest BCUT2D eigenvalue weighted by Gasteiger charge is -2.44. The zero-order chi connectivity index (χ0) is 21.1. The van der Waals surface area contributed by atoms with E-state index in [9.17, 15) is 9.59 Å². The SMILES string of the molecule is O=C(/C=C/c1ccccc1)N1CCC2(CC1)SCCN2C(=O)c1ccc(Cl)c(Cl)c1. The van der Waals surface area contributed by atoms with Crippen LogP contribution in [0.5, 0.6) is 0 Å². The maximum atomic E-state index is 13.2. The minimum absolute atomic E-state index is 0.0130. The van der Waals surface area contributed by atoms with Gasteiger partial charge in [0.1, 0.15) is 0 Å². The first-order chi connectivity index (χ1) is 14.5. The highest BCUT2D eigenvalue weighted by Crippen LogP contribution is 2.44. The van der Waals surface area contributed by atoms with Crippen molar-refractivity contribution in [3.05, 3.63) is 75.8 Å². The van der Waals surface area contributed by atoms with Crippen LogP contribution in [0.2, 0.25) is 10.0 Å². The summed E-state index contributed by atoms with van der Waals surface area (Å²) in [5.74, 6) is 0.885. The van der Waals surface area contributed by atoms with Gasteiger partial charge >= 0.3 is 0 Å². The molecular weight excluding hydrogens is 439 g/mol. The molecule has 1 spiro atoms. The van der Waals surface area contributed by atoms with E-state index in [4.69, 9.17) is 23.2 Å². The van der Waals surface area contributed by atoms with Crippen molar-refractivity contribution in [3.8, 4) is 0 Å². The molecule has 0 aromatic heterocycles. The molecule has 0 atom stereocenters. The predicted molar refractivity (Wildman–Crippen MR) is 124 cm³/mol. The average molecular weight is 461 g/mol. The molecule has 2 fully saturated rings. The fourth-order valence-corrected chi connectivity index (χ4v) is 5.76. The number of nitrogens with zero attached hydrogens (tertiary/aromatic N) is 2. The Morgan fingerprint density at radius 1 is 0.967 bits per heavy atom. The van der Waals surface area contributed by atoms with Crippen LogP contribution in [0.4, 0.5) is 0 Å². The van der Waals surface area contributed by atoms with Gasteiger partial charge in [-0.15, -0.1) is 11.8 Å². The van der Waals surface area contributed by atoms with Crippen LogP contribution in [0.3, 0.4) is 0 Å². The molecule has 4 rings (SSSR count). The molecule has 4 nitrogen and oxygen atoms in total. The van der Waals surface area contributed by atoms with Crippen LogP contribution in [-0.2, 0) is 4.79 Å². The number of likely N-dealkylation sites (tertiary alicyclic amines) is 1. The molecule has 0 N–H and O–H groups in total. The fraction of sp³-hybridized carbons (Fsp3) is 0.304. The van der Waals surface area contributed by atoms with Crippen LogP contribution < -0.4 is 0 Å². The summed E-state index contributed by atoms with van der Waals surface area (Å²) in [7, 11) is 0. The highest BCUT2D eigenvalue weighted by atomic mass is 35.5. The van der Waals surface area contributed by atoms with E-state index < -0.39 is 0 Å². The van der Waals surface area contributed by atoms with Gasteiger partial charge in [-0.1, -0.05) is 53.5 Å². The maximum Gasteiger partial charge on any atom is 0.255 e. The number of carbonyl (C=O) groups excluding carboxylic acids is 2. The van der Waals surface area contributed by atoms with E-state index >= 15 is 0 Å². The van der Waals surface area contributed by atoms with Crippen LogP contribution in [0.25, 0.3) is 6.08 Å². The van der Waals surface area contributed by atoms with Crippen molar-refractivity contribution >= 4 is 52.9 Å². The largest absolute Gasteiger partial charge is 0.339 e. The molecule has 0 radical (unpaired) electrons. The van der Waals surface area contributed by atoms with Crippen molar-refractivity contribution in [2.45, 2.75) is 17.7 Å². The third kappa shape index (κ3) is 4.39. The number of hydrogen-bond donors (Lipinski definition) is 0. The number of carbonyl (C=O) groups is 2. The summed E-state index contributed by atoms with van der Waals surface area (Å²) in [5, 5.41) is 0.822. The number of halogens is 2. The van der Waals surface area contributed by atoms with Crippen molar-refractivity contribution in [2.24, 2.45) is 0 Å². The molecule has 2 aromatic rings. The normalized spacial score (nSPS) is 18.3. The molecule has 156 valence electrons. The summed E-state index contributed by atoms with van der Waals surface area (Å²) < 4.78 is 0. The lowest BCUT2D eigenvalue weighted by Crippen LogP contribution is -2.53. The quantitative estimate of drug-likeness (QED) is 0.589. The zero-order valence-electron chi connectivity index (χ0n) is 16.4. The van der Waals surface area contributed by atoms with Gasteiger partial charge in [0.2, 0.25) is 5.91 Å². The van der Waals surface area contributed by atoms with Crippen LogP contribution in [0.1, 0.15) is 28.8 Å². The third-order valence-corrected chi connectivity index (χ3v) is 7.96. The Morgan fingerprint density at radius 2 is 1.70 bits per heavy atom. The molecule has 2 amide bonds. The molecule has 2 heterocycles. The second kappa shape index (κ2) is 9.04. The lowest BCUT2D eigenvalue weighted by molar-refractivity contribution is -0.127. The van der Waals surface area contributed by atoms with Gasteiger partial charge in [-0.2, -0.15) is 0 Å². The molecule has 0 aliphatic carbocycles. The molecule has 0 unspecified atom stereocenters. The van der Waals surface area contributed by atoms with Crippen LogP contribution in [-0.4, -0.2) is 51.9 Å². The Kier molecular flexibility index (Phi) is 6.42. The van der Waals surface area contributed by atoms with E-state index in [0.29, 0.717) is 35.2 Å². The smallest absolute Gasteiger partial charge is 0.255 e. The molecule has 2 aromatic carbocycles. The molecule has 2 aliphatic heterocycles. The van der Waals surface area contributed by atoms with E-state index in [1.807, 2.05) is 58.0 Å². The maximum absolute atomic E-state index is 13.2. The van der Waals surface area contributed by atoms with Gasteiger partial charge in [0.25, 0.3) is 5.91 Å². The van der Waals surface area contributed by atoms with Gasteiger partial charge in [-0.05, 0) is 42.7 Å². The number of benzene rings is 2. The predicted octanol–water partition coefficient (Wildman–Crippen LogP) is 5.21. The first-order valence-corrected chi connectivity index (χ1v) is 11.7.